The number of carbonyl (C=O) groups is 1. The van der Waals surface area contributed by atoms with Crippen LogP contribution in [-0.4, -0.2) is 10.9 Å². The molecule has 1 N–H and O–H groups in total. The van der Waals surface area contributed by atoms with Crippen LogP contribution in [0.5, 0.6) is 5.75 Å². The zero-order valence-electron chi connectivity index (χ0n) is 15.9. The van der Waals surface area contributed by atoms with E-state index >= 15 is 0 Å². The van der Waals surface area contributed by atoms with E-state index in [0.29, 0.717) is 24.0 Å². The molecule has 5 nitrogen and oxygen atoms in total. The van der Waals surface area contributed by atoms with Crippen molar-refractivity contribution in [3.63, 3.8) is 0 Å². The fraction of sp³-hybridized carbons (Fsp3) is 0.136. The summed E-state index contributed by atoms with van der Waals surface area (Å²) in [6.07, 6.45) is 2.76. The molecule has 1 heterocycles. The number of carbonyl (C=O) groups excluding carboxylic acids is 1. The molecular weight excluding hydrogens is 408 g/mol. The summed E-state index contributed by atoms with van der Waals surface area (Å²) < 4.78 is 32.7. The first-order valence-corrected chi connectivity index (χ1v) is 9.80. The maximum Gasteiger partial charge on any atom is 0.245 e. The summed E-state index contributed by atoms with van der Waals surface area (Å²) in [4.78, 5) is 16.6. The first-order chi connectivity index (χ1) is 14.5. The van der Waals surface area contributed by atoms with Crippen LogP contribution in [0.3, 0.4) is 0 Å². The highest BCUT2D eigenvalue weighted by molar-refractivity contribution is 7.09. The minimum Gasteiger partial charge on any atom is -0.487 e. The summed E-state index contributed by atoms with van der Waals surface area (Å²) in [6, 6.07) is 10.5. The van der Waals surface area contributed by atoms with Gasteiger partial charge in [-0.15, -0.1) is 11.3 Å². The van der Waals surface area contributed by atoms with Gasteiger partial charge in [-0.2, -0.15) is 5.26 Å². The standard InChI is InChI=1S/C22H17F2N3O2S/c1-14-26-17(13-30-14)12-29-21-5-3-2-4-15(21)6-9-22(28)27-20(11-25)18-8-7-16(23)10-19(18)24/h2-10,13,20H,12H2,1H3,(H,27,28)/b9-6+. The fourth-order valence-corrected chi connectivity index (χ4v) is 3.24. The molecule has 3 aromatic rings. The maximum atomic E-state index is 13.9. The number of nitrogens with one attached hydrogen (secondary N) is 1. The van der Waals surface area contributed by atoms with Crippen LogP contribution in [0.2, 0.25) is 0 Å². The van der Waals surface area contributed by atoms with Crippen LogP contribution in [0.4, 0.5) is 8.78 Å². The molecule has 1 unspecified atom stereocenters. The summed E-state index contributed by atoms with van der Waals surface area (Å²) in [7, 11) is 0. The second-order valence-corrected chi connectivity index (χ2v) is 7.32. The third-order valence-corrected chi connectivity index (χ3v) is 4.89. The van der Waals surface area contributed by atoms with Crippen LogP contribution < -0.4 is 10.1 Å². The van der Waals surface area contributed by atoms with Gasteiger partial charge in [0.05, 0.1) is 16.8 Å². The minimum atomic E-state index is -1.25. The number of hydrogen-bond donors (Lipinski definition) is 1. The summed E-state index contributed by atoms with van der Waals surface area (Å²) in [6.45, 7) is 2.21. The lowest BCUT2D eigenvalue weighted by Gasteiger charge is -2.11. The monoisotopic (exact) mass is 425 g/mol. The second-order valence-electron chi connectivity index (χ2n) is 6.25. The maximum absolute atomic E-state index is 13.9. The highest BCUT2D eigenvalue weighted by Crippen LogP contribution is 2.22. The Balaban J connectivity index is 1.67. The van der Waals surface area contributed by atoms with Crippen molar-refractivity contribution in [1.82, 2.24) is 10.3 Å². The molecule has 1 amide bonds. The largest absolute Gasteiger partial charge is 0.487 e. The summed E-state index contributed by atoms with van der Waals surface area (Å²) in [5, 5.41) is 14.5. The number of para-hydroxylation sites is 1. The number of benzene rings is 2. The number of ether oxygens (including phenoxy) is 1. The summed E-state index contributed by atoms with van der Waals surface area (Å²) >= 11 is 1.53. The number of halogens is 2. The van der Waals surface area contributed by atoms with Gasteiger partial charge in [-0.25, -0.2) is 13.8 Å². The highest BCUT2D eigenvalue weighted by Gasteiger charge is 2.17. The predicted octanol–water partition coefficient (Wildman–Crippen LogP) is 4.70. The topological polar surface area (TPSA) is 75.0 Å². The van der Waals surface area contributed by atoms with E-state index in [0.717, 1.165) is 22.8 Å². The average Bonchev–Trinajstić information content (AvgIpc) is 3.15. The minimum absolute atomic E-state index is 0.108. The molecule has 30 heavy (non-hydrogen) atoms. The summed E-state index contributed by atoms with van der Waals surface area (Å²) in [5.41, 5.74) is 1.36. The zero-order valence-corrected chi connectivity index (χ0v) is 16.7. The lowest BCUT2D eigenvalue weighted by molar-refractivity contribution is -0.116. The molecule has 1 atom stereocenters. The van der Waals surface area contributed by atoms with Crippen molar-refractivity contribution < 1.29 is 18.3 Å². The number of aryl methyl sites for hydroxylation is 1. The first-order valence-electron chi connectivity index (χ1n) is 8.92. The van der Waals surface area contributed by atoms with Gasteiger partial charge in [0.25, 0.3) is 0 Å². The number of nitriles is 1. The zero-order chi connectivity index (χ0) is 21.5. The molecule has 0 aliphatic rings. The van der Waals surface area contributed by atoms with E-state index in [1.807, 2.05) is 18.4 Å². The Hall–Kier alpha value is -3.57. The normalized spacial score (nSPS) is 11.8. The Kier molecular flexibility index (Phi) is 6.88. The van der Waals surface area contributed by atoms with E-state index < -0.39 is 23.6 Å². The highest BCUT2D eigenvalue weighted by atomic mass is 32.1. The molecule has 0 aliphatic heterocycles. The van der Waals surface area contributed by atoms with E-state index in [1.54, 1.807) is 24.3 Å². The van der Waals surface area contributed by atoms with Crippen LogP contribution in [0.25, 0.3) is 6.08 Å². The lowest BCUT2D eigenvalue weighted by Crippen LogP contribution is -2.26. The molecule has 2 aromatic carbocycles. The van der Waals surface area contributed by atoms with E-state index in [9.17, 15) is 18.8 Å². The molecule has 0 spiro atoms. The number of aromatic nitrogens is 1. The number of hydrogen-bond acceptors (Lipinski definition) is 5. The third kappa shape index (κ3) is 5.49. The molecule has 0 bridgehead atoms. The van der Waals surface area contributed by atoms with Crippen LogP contribution in [0.1, 0.15) is 27.9 Å². The molecule has 3 rings (SSSR count). The molecule has 0 radical (unpaired) electrons. The van der Waals surface area contributed by atoms with Crippen LogP contribution in [-0.2, 0) is 11.4 Å². The second kappa shape index (κ2) is 9.76. The average molecular weight is 425 g/mol. The Morgan fingerprint density at radius 3 is 2.83 bits per heavy atom. The van der Waals surface area contributed by atoms with E-state index in [1.165, 1.54) is 23.5 Å². The number of thiazole rings is 1. The Labute approximate surface area is 176 Å². The Morgan fingerprint density at radius 1 is 1.33 bits per heavy atom. The van der Waals surface area contributed by atoms with Crippen molar-refractivity contribution in [1.29, 1.82) is 5.26 Å². The first kappa shape index (κ1) is 21.1. The molecule has 1 aromatic heterocycles. The van der Waals surface area contributed by atoms with Gasteiger partial charge >= 0.3 is 0 Å². The van der Waals surface area contributed by atoms with E-state index in [4.69, 9.17) is 4.74 Å². The quantitative estimate of drug-likeness (QED) is 0.557. The Morgan fingerprint density at radius 2 is 2.13 bits per heavy atom. The van der Waals surface area contributed by atoms with Gasteiger partial charge in [-0.1, -0.05) is 24.3 Å². The van der Waals surface area contributed by atoms with E-state index in [2.05, 4.69) is 10.3 Å². The molecule has 0 saturated heterocycles. The van der Waals surface area contributed by atoms with Crippen molar-refractivity contribution in [2.24, 2.45) is 0 Å². The van der Waals surface area contributed by atoms with Crippen molar-refractivity contribution in [3.8, 4) is 11.8 Å². The molecule has 8 heteroatoms. The van der Waals surface area contributed by atoms with Crippen LogP contribution >= 0.6 is 11.3 Å². The van der Waals surface area contributed by atoms with Crippen LogP contribution in [0.15, 0.2) is 53.9 Å². The van der Waals surface area contributed by atoms with Gasteiger partial charge in [-0.05, 0) is 25.1 Å². The smallest absolute Gasteiger partial charge is 0.245 e. The molecular formula is C22H17F2N3O2S. The van der Waals surface area contributed by atoms with Gasteiger partial charge in [0, 0.05) is 28.6 Å². The SMILES string of the molecule is Cc1nc(COc2ccccc2/C=C/C(=O)NC(C#N)c2ccc(F)cc2F)cs1. The fourth-order valence-electron chi connectivity index (χ4n) is 2.65. The third-order valence-electron chi connectivity index (χ3n) is 4.06. The van der Waals surface area contributed by atoms with Crippen LogP contribution in [0, 0.1) is 29.9 Å². The van der Waals surface area contributed by atoms with Crippen molar-refractivity contribution in [2.45, 2.75) is 19.6 Å². The van der Waals surface area contributed by atoms with Gasteiger partial charge in [0.1, 0.15) is 30.0 Å². The number of nitrogens with zero attached hydrogens (tertiary/aromatic N) is 2. The summed E-state index contributed by atoms with van der Waals surface area (Å²) in [5.74, 6) is -1.70. The molecule has 0 saturated carbocycles. The predicted molar refractivity (Wildman–Crippen MR) is 110 cm³/mol. The molecule has 0 aliphatic carbocycles. The van der Waals surface area contributed by atoms with Gasteiger partial charge in [0.15, 0.2) is 0 Å². The number of amides is 1. The molecule has 0 fully saturated rings. The number of rotatable bonds is 7. The van der Waals surface area contributed by atoms with Gasteiger partial charge in [-0.3, -0.25) is 4.79 Å². The van der Waals surface area contributed by atoms with Crippen molar-refractivity contribution in [3.05, 3.63) is 87.4 Å². The van der Waals surface area contributed by atoms with Crippen molar-refractivity contribution in [2.75, 3.05) is 0 Å². The van der Waals surface area contributed by atoms with E-state index in [-0.39, 0.29) is 5.56 Å². The van der Waals surface area contributed by atoms with Crippen molar-refractivity contribution >= 4 is 23.3 Å². The molecule has 152 valence electrons. The lowest BCUT2D eigenvalue weighted by atomic mass is 10.1. The van der Waals surface area contributed by atoms with Gasteiger partial charge < -0.3 is 10.1 Å². The Bertz CT molecular complexity index is 1120. The van der Waals surface area contributed by atoms with Gasteiger partial charge in [0.2, 0.25) is 5.91 Å².